The Morgan fingerprint density at radius 3 is 2.74 bits per heavy atom. The third-order valence-corrected chi connectivity index (χ3v) is 3.24. The van der Waals surface area contributed by atoms with Crippen molar-refractivity contribution in [3.05, 3.63) is 35.9 Å². The van der Waals surface area contributed by atoms with Gasteiger partial charge in [-0.15, -0.1) is 0 Å². The minimum absolute atomic E-state index is 0.0903. The van der Waals surface area contributed by atoms with Crippen LogP contribution in [0.2, 0.25) is 0 Å². The minimum Gasteiger partial charge on any atom is -0.379 e. The first kappa shape index (κ1) is 13.7. The fraction of sp³-hybridized carbons (Fsp3) is 0.429. The Hall–Kier alpha value is -1.72. The lowest BCUT2D eigenvalue weighted by molar-refractivity contribution is -0.676. The van der Waals surface area contributed by atoms with E-state index in [1.807, 2.05) is 35.6 Å². The third kappa shape index (κ3) is 3.39. The zero-order valence-corrected chi connectivity index (χ0v) is 11.0. The van der Waals surface area contributed by atoms with Gasteiger partial charge in [-0.05, 0) is 5.56 Å². The molecule has 0 aliphatic carbocycles. The van der Waals surface area contributed by atoms with Crippen molar-refractivity contribution in [1.29, 1.82) is 0 Å². The number of likely N-dealkylation sites (tertiary alicyclic amines) is 1. The van der Waals surface area contributed by atoms with Gasteiger partial charge in [-0.1, -0.05) is 30.3 Å². The van der Waals surface area contributed by atoms with Gasteiger partial charge >= 0.3 is 0 Å². The number of rotatable bonds is 6. The van der Waals surface area contributed by atoms with Crippen molar-refractivity contribution in [3.63, 3.8) is 0 Å². The Labute approximate surface area is 112 Å². The predicted octanol–water partition coefficient (Wildman–Crippen LogP) is -0.476. The third-order valence-electron chi connectivity index (χ3n) is 3.24. The molecular weight excluding hydrogens is 244 g/mol. The van der Waals surface area contributed by atoms with E-state index in [1.54, 1.807) is 7.11 Å². The first-order valence-corrected chi connectivity index (χ1v) is 6.42. The molecule has 5 heteroatoms. The summed E-state index contributed by atoms with van der Waals surface area (Å²) < 4.78 is 4.95. The second kappa shape index (κ2) is 6.45. The number of amides is 2. The van der Waals surface area contributed by atoms with Crippen molar-refractivity contribution in [3.8, 4) is 0 Å². The average Bonchev–Trinajstić information content (AvgIpc) is 2.68. The summed E-state index contributed by atoms with van der Waals surface area (Å²) >= 11 is 0. The van der Waals surface area contributed by atoms with Crippen molar-refractivity contribution in [2.45, 2.75) is 19.0 Å². The standard InChI is InChI=1S/C14H18N2O3/c1-19-8-7-15-12-9-13(17)16(14(12)18)10-11-5-3-2-4-6-11/h2-6,12,15H,7-10H2,1H3/p+1/t12-/m0/s1. The number of carbonyl (C=O) groups is 2. The molecule has 102 valence electrons. The fourth-order valence-corrected chi connectivity index (χ4v) is 2.21. The number of carbonyl (C=O) groups excluding carboxylic acids is 2. The molecule has 5 nitrogen and oxygen atoms in total. The van der Waals surface area contributed by atoms with Crippen LogP contribution in [0.25, 0.3) is 0 Å². The van der Waals surface area contributed by atoms with Crippen molar-refractivity contribution in [2.75, 3.05) is 20.3 Å². The Balaban J connectivity index is 1.95. The monoisotopic (exact) mass is 263 g/mol. The van der Waals surface area contributed by atoms with Gasteiger partial charge in [-0.3, -0.25) is 14.5 Å². The molecule has 1 atom stereocenters. The Morgan fingerprint density at radius 1 is 1.32 bits per heavy atom. The molecule has 1 fully saturated rings. The number of ether oxygens (including phenoxy) is 1. The Morgan fingerprint density at radius 2 is 2.05 bits per heavy atom. The fourth-order valence-electron chi connectivity index (χ4n) is 2.21. The summed E-state index contributed by atoms with van der Waals surface area (Å²) in [4.78, 5) is 25.4. The molecule has 2 N–H and O–H groups in total. The van der Waals surface area contributed by atoms with E-state index in [0.717, 1.165) is 5.56 Å². The highest BCUT2D eigenvalue weighted by atomic mass is 16.5. The van der Waals surface area contributed by atoms with Crippen LogP contribution in [0.4, 0.5) is 0 Å². The molecular formula is C14H19N2O3+. The van der Waals surface area contributed by atoms with Crippen LogP contribution in [-0.2, 0) is 20.9 Å². The summed E-state index contributed by atoms with van der Waals surface area (Å²) in [7, 11) is 1.62. The van der Waals surface area contributed by atoms with Gasteiger partial charge in [-0.25, -0.2) is 0 Å². The zero-order chi connectivity index (χ0) is 13.7. The van der Waals surface area contributed by atoms with E-state index in [1.165, 1.54) is 4.90 Å². The van der Waals surface area contributed by atoms with Gasteiger partial charge in [0.2, 0.25) is 5.91 Å². The largest absolute Gasteiger partial charge is 0.379 e. The van der Waals surface area contributed by atoms with E-state index >= 15 is 0 Å². The van der Waals surface area contributed by atoms with Crippen LogP contribution in [0, 0.1) is 0 Å². The average molecular weight is 263 g/mol. The Bertz CT molecular complexity index is 447. The maximum Gasteiger partial charge on any atom is 0.288 e. The second-order valence-electron chi connectivity index (χ2n) is 4.63. The molecule has 1 aromatic carbocycles. The number of quaternary nitrogens is 1. The van der Waals surface area contributed by atoms with Crippen LogP contribution >= 0.6 is 0 Å². The number of hydrogen-bond donors (Lipinski definition) is 1. The summed E-state index contributed by atoms with van der Waals surface area (Å²) in [5.41, 5.74) is 0.974. The van der Waals surface area contributed by atoms with Crippen LogP contribution in [0.5, 0.6) is 0 Å². The summed E-state index contributed by atoms with van der Waals surface area (Å²) in [5.74, 6) is -0.183. The number of nitrogens with zero attached hydrogens (tertiary/aromatic N) is 1. The van der Waals surface area contributed by atoms with Crippen molar-refractivity contribution in [1.82, 2.24) is 4.90 Å². The van der Waals surface area contributed by atoms with Crippen LogP contribution in [0.3, 0.4) is 0 Å². The molecule has 0 radical (unpaired) electrons. The molecule has 19 heavy (non-hydrogen) atoms. The normalized spacial score (nSPS) is 19.2. The molecule has 1 aromatic rings. The molecule has 0 saturated carbocycles. The molecule has 1 heterocycles. The maximum absolute atomic E-state index is 12.1. The van der Waals surface area contributed by atoms with Crippen LogP contribution in [-0.4, -0.2) is 43.0 Å². The van der Waals surface area contributed by atoms with E-state index in [9.17, 15) is 9.59 Å². The first-order valence-electron chi connectivity index (χ1n) is 6.42. The second-order valence-corrected chi connectivity index (χ2v) is 4.63. The lowest BCUT2D eigenvalue weighted by Crippen LogP contribution is -2.92. The Kier molecular flexibility index (Phi) is 4.65. The van der Waals surface area contributed by atoms with E-state index < -0.39 is 0 Å². The summed E-state index contributed by atoms with van der Waals surface area (Å²) in [6.45, 7) is 1.64. The quantitative estimate of drug-likeness (QED) is 0.557. The van der Waals surface area contributed by atoms with Gasteiger partial charge in [0, 0.05) is 7.11 Å². The van der Waals surface area contributed by atoms with Crippen LogP contribution in [0.15, 0.2) is 30.3 Å². The molecule has 0 unspecified atom stereocenters. The summed E-state index contributed by atoms with van der Waals surface area (Å²) in [5, 5.41) is 1.88. The number of benzene rings is 1. The molecule has 0 bridgehead atoms. The van der Waals surface area contributed by atoms with E-state index in [4.69, 9.17) is 4.74 Å². The molecule has 2 amide bonds. The lowest BCUT2D eigenvalue weighted by Gasteiger charge is -2.14. The van der Waals surface area contributed by atoms with Gasteiger partial charge in [0.15, 0.2) is 6.04 Å². The van der Waals surface area contributed by atoms with Gasteiger partial charge < -0.3 is 10.1 Å². The van der Waals surface area contributed by atoms with Gasteiger partial charge in [0.1, 0.15) is 0 Å². The van der Waals surface area contributed by atoms with Gasteiger partial charge in [0.25, 0.3) is 5.91 Å². The lowest BCUT2D eigenvalue weighted by atomic mass is 10.2. The highest BCUT2D eigenvalue weighted by Crippen LogP contribution is 2.14. The first-order chi connectivity index (χ1) is 9.22. The topological polar surface area (TPSA) is 63.2 Å². The van der Waals surface area contributed by atoms with Gasteiger partial charge in [0.05, 0.1) is 26.1 Å². The zero-order valence-electron chi connectivity index (χ0n) is 11.0. The molecule has 0 spiro atoms. The van der Waals surface area contributed by atoms with Crippen molar-refractivity contribution < 1.29 is 19.6 Å². The van der Waals surface area contributed by atoms with E-state index in [-0.39, 0.29) is 24.3 Å². The minimum atomic E-state index is -0.286. The summed E-state index contributed by atoms with van der Waals surface area (Å²) in [6.07, 6.45) is 0.287. The SMILES string of the molecule is COCC[NH2+][C@H]1CC(=O)N(Cc2ccccc2)C1=O. The smallest absolute Gasteiger partial charge is 0.288 e. The number of imide groups is 1. The molecule has 1 aliphatic heterocycles. The predicted molar refractivity (Wildman–Crippen MR) is 69.1 cm³/mol. The molecule has 2 rings (SSSR count). The maximum atomic E-state index is 12.1. The number of methoxy groups -OCH3 is 1. The summed E-state index contributed by atoms with van der Waals surface area (Å²) in [6, 6.07) is 9.28. The van der Waals surface area contributed by atoms with Crippen LogP contribution in [0.1, 0.15) is 12.0 Å². The van der Waals surface area contributed by atoms with Crippen LogP contribution < -0.4 is 5.32 Å². The number of nitrogens with two attached hydrogens (primary N) is 1. The van der Waals surface area contributed by atoms with Crippen molar-refractivity contribution >= 4 is 11.8 Å². The highest BCUT2D eigenvalue weighted by molar-refractivity contribution is 6.04. The van der Waals surface area contributed by atoms with Crippen molar-refractivity contribution in [2.24, 2.45) is 0 Å². The van der Waals surface area contributed by atoms with Gasteiger partial charge in [-0.2, -0.15) is 0 Å². The number of hydrogen-bond acceptors (Lipinski definition) is 3. The molecule has 1 aliphatic rings. The highest BCUT2D eigenvalue weighted by Gasteiger charge is 2.40. The molecule has 1 saturated heterocycles. The molecule has 0 aromatic heterocycles. The van der Waals surface area contributed by atoms with E-state index in [0.29, 0.717) is 19.7 Å². The van der Waals surface area contributed by atoms with E-state index in [2.05, 4.69) is 0 Å².